The maximum absolute atomic E-state index is 12.0. The smallest absolute Gasteiger partial charge is 0.243 e. The van der Waals surface area contributed by atoms with Gasteiger partial charge in [-0.05, 0) is 37.8 Å². The summed E-state index contributed by atoms with van der Waals surface area (Å²) in [4.78, 5) is 18.0. The van der Waals surface area contributed by atoms with Crippen LogP contribution in [-0.4, -0.2) is 43.4 Å². The Bertz CT molecular complexity index is 750. The van der Waals surface area contributed by atoms with Crippen molar-refractivity contribution in [3.05, 3.63) is 71.8 Å². The van der Waals surface area contributed by atoms with Crippen LogP contribution < -0.4 is 10.6 Å². The molecule has 0 saturated heterocycles. The third-order valence-electron chi connectivity index (χ3n) is 4.62. The fourth-order valence-electron chi connectivity index (χ4n) is 2.78. The van der Waals surface area contributed by atoms with Gasteiger partial charge in [0.15, 0.2) is 5.96 Å². The van der Waals surface area contributed by atoms with Crippen molar-refractivity contribution in [2.24, 2.45) is 4.99 Å². The maximum atomic E-state index is 12.0. The van der Waals surface area contributed by atoms with Crippen molar-refractivity contribution in [2.75, 3.05) is 20.6 Å². The lowest BCUT2D eigenvalue weighted by Gasteiger charge is -2.22. The summed E-state index contributed by atoms with van der Waals surface area (Å²) in [5.41, 5.74) is 2.50. The number of halogens is 1. The summed E-state index contributed by atoms with van der Waals surface area (Å²) >= 11 is 0. The SMILES string of the molecule is CC(CCc1ccccc1)NC(=NCC(=O)N(C)C)NC(C)c1ccccc1.I. The lowest BCUT2D eigenvalue weighted by molar-refractivity contribution is -0.127. The number of carbonyl (C=O) groups excluding carboxylic acids is 1. The van der Waals surface area contributed by atoms with E-state index >= 15 is 0 Å². The summed E-state index contributed by atoms with van der Waals surface area (Å²) in [6.45, 7) is 4.35. The van der Waals surface area contributed by atoms with E-state index < -0.39 is 0 Å². The number of aryl methyl sites for hydroxylation is 1. The summed E-state index contributed by atoms with van der Waals surface area (Å²) < 4.78 is 0. The van der Waals surface area contributed by atoms with E-state index in [2.05, 4.69) is 65.9 Å². The van der Waals surface area contributed by atoms with E-state index in [1.165, 1.54) is 11.1 Å². The average Bonchev–Trinajstić information content (AvgIpc) is 2.71. The molecule has 158 valence electrons. The monoisotopic (exact) mass is 508 g/mol. The standard InChI is InChI=1S/C23H32N4O.HI/c1-18(15-16-20-11-7-5-8-12-20)25-23(24-17-22(28)27(3)4)26-19(2)21-13-9-6-10-14-21;/h5-14,18-19H,15-17H2,1-4H3,(H2,24,25,26);1H. The Morgan fingerprint density at radius 2 is 1.55 bits per heavy atom. The summed E-state index contributed by atoms with van der Waals surface area (Å²) in [7, 11) is 3.49. The van der Waals surface area contributed by atoms with Crippen LogP contribution in [-0.2, 0) is 11.2 Å². The van der Waals surface area contributed by atoms with Crippen LogP contribution in [0.3, 0.4) is 0 Å². The number of guanidine groups is 1. The van der Waals surface area contributed by atoms with Gasteiger partial charge in [-0.15, -0.1) is 24.0 Å². The van der Waals surface area contributed by atoms with E-state index in [4.69, 9.17) is 0 Å². The first-order chi connectivity index (χ1) is 13.5. The molecule has 2 unspecified atom stereocenters. The van der Waals surface area contributed by atoms with Crippen LogP contribution in [0.1, 0.15) is 37.4 Å². The van der Waals surface area contributed by atoms with Crippen molar-refractivity contribution in [2.45, 2.75) is 38.8 Å². The number of nitrogens with one attached hydrogen (secondary N) is 2. The third-order valence-corrected chi connectivity index (χ3v) is 4.62. The van der Waals surface area contributed by atoms with Crippen LogP contribution in [0.15, 0.2) is 65.7 Å². The van der Waals surface area contributed by atoms with Gasteiger partial charge in [0.25, 0.3) is 0 Å². The van der Waals surface area contributed by atoms with Crippen molar-refractivity contribution >= 4 is 35.8 Å². The minimum Gasteiger partial charge on any atom is -0.354 e. The number of hydrogen-bond donors (Lipinski definition) is 2. The molecule has 0 spiro atoms. The minimum atomic E-state index is -0.0228. The Kier molecular flexibility index (Phi) is 11.3. The van der Waals surface area contributed by atoms with Crippen LogP contribution >= 0.6 is 24.0 Å². The summed E-state index contributed by atoms with van der Waals surface area (Å²) in [6.07, 6.45) is 1.97. The maximum Gasteiger partial charge on any atom is 0.243 e. The molecule has 0 bridgehead atoms. The van der Waals surface area contributed by atoms with Gasteiger partial charge < -0.3 is 15.5 Å². The van der Waals surface area contributed by atoms with E-state index in [1.807, 2.05) is 24.3 Å². The first kappa shape index (κ1) is 24.9. The Labute approximate surface area is 192 Å². The number of nitrogens with zero attached hydrogens (tertiary/aromatic N) is 2. The zero-order chi connectivity index (χ0) is 20.4. The largest absolute Gasteiger partial charge is 0.354 e. The molecule has 2 aromatic carbocycles. The second-order valence-corrected chi connectivity index (χ2v) is 7.30. The lowest BCUT2D eigenvalue weighted by atomic mass is 10.1. The highest BCUT2D eigenvalue weighted by atomic mass is 127. The molecule has 0 saturated carbocycles. The van der Waals surface area contributed by atoms with Gasteiger partial charge in [0, 0.05) is 20.1 Å². The minimum absolute atomic E-state index is 0. The number of carbonyl (C=O) groups is 1. The molecule has 0 aliphatic carbocycles. The molecule has 0 radical (unpaired) electrons. The molecular weight excluding hydrogens is 475 g/mol. The molecule has 2 atom stereocenters. The Morgan fingerprint density at radius 3 is 2.14 bits per heavy atom. The number of hydrogen-bond acceptors (Lipinski definition) is 2. The van der Waals surface area contributed by atoms with Crippen molar-refractivity contribution < 1.29 is 4.79 Å². The van der Waals surface area contributed by atoms with Gasteiger partial charge in [-0.25, -0.2) is 4.99 Å². The van der Waals surface area contributed by atoms with Gasteiger partial charge in [0.1, 0.15) is 6.54 Å². The highest BCUT2D eigenvalue weighted by Gasteiger charge is 2.12. The summed E-state index contributed by atoms with van der Waals surface area (Å²) in [5, 5.41) is 6.88. The van der Waals surface area contributed by atoms with Crippen LogP contribution in [0.5, 0.6) is 0 Å². The Hall–Kier alpha value is -2.09. The molecule has 1 amide bonds. The van der Waals surface area contributed by atoms with E-state index in [9.17, 15) is 4.79 Å². The topological polar surface area (TPSA) is 56.7 Å². The van der Waals surface area contributed by atoms with Gasteiger partial charge >= 0.3 is 0 Å². The Balaban J connectivity index is 0.00000420. The predicted octanol–water partition coefficient (Wildman–Crippen LogP) is 4.01. The highest BCUT2D eigenvalue weighted by Crippen LogP contribution is 2.11. The molecular formula is C23H33IN4O. The fourth-order valence-corrected chi connectivity index (χ4v) is 2.78. The zero-order valence-electron chi connectivity index (χ0n) is 17.8. The zero-order valence-corrected chi connectivity index (χ0v) is 20.1. The molecule has 5 nitrogen and oxygen atoms in total. The second kappa shape index (κ2) is 13.2. The molecule has 0 aliphatic heterocycles. The van der Waals surface area contributed by atoms with Gasteiger partial charge in [0.05, 0.1) is 6.04 Å². The number of aliphatic imine (C=N–C) groups is 1. The second-order valence-electron chi connectivity index (χ2n) is 7.30. The van der Waals surface area contributed by atoms with Crippen molar-refractivity contribution in [3.63, 3.8) is 0 Å². The normalized spacial score (nSPS) is 13.0. The molecule has 2 rings (SSSR count). The summed E-state index contributed by atoms with van der Waals surface area (Å²) in [6, 6.07) is 21.0. The Morgan fingerprint density at radius 1 is 0.966 bits per heavy atom. The van der Waals surface area contributed by atoms with E-state index in [0.717, 1.165) is 12.8 Å². The third kappa shape index (κ3) is 9.30. The van der Waals surface area contributed by atoms with Crippen LogP contribution in [0.4, 0.5) is 0 Å². The van der Waals surface area contributed by atoms with Crippen molar-refractivity contribution in [1.29, 1.82) is 0 Å². The van der Waals surface area contributed by atoms with E-state index in [1.54, 1.807) is 19.0 Å². The molecule has 29 heavy (non-hydrogen) atoms. The highest BCUT2D eigenvalue weighted by molar-refractivity contribution is 14.0. The van der Waals surface area contributed by atoms with Gasteiger partial charge in [-0.2, -0.15) is 0 Å². The van der Waals surface area contributed by atoms with Crippen LogP contribution in [0, 0.1) is 0 Å². The van der Waals surface area contributed by atoms with Crippen molar-refractivity contribution in [3.8, 4) is 0 Å². The lowest BCUT2D eigenvalue weighted by Crippen LogP contribution is -2.44. The molecule has 0 fully saturated rings. The fraction of sp³-hybridized carbons (Fsp3) is 0.391. The average molecular weight is 508 g/mol. The molecule has 2 N–H and O–H groups in total. The number of likely N-dealkylation sites (N-methyl/N-ethyl adjacent to an activating group) is 1. The first-order valence-corrected chi connectivity index (χ1v) is 9.82. The van der Waals surface area contributed by atoms with Gasteiger partial charge in [0.2, 0.25) is 5.91 Å². The van der Waals surface area contributed by atoms with E-state index in [0.29, 0.717) is 5.96 Å². The molecule has 0 aromatic heterocycles. The number of rotatable bonds is 8. The molecule has 0 aliphatic rings. The van der Waals surface area contributed by atoms with E-state index in [-0.39, 0.29) is 48.5 Å². The quantitative estimate of drug-likeness (QED) is 0.322. The van der Waals surface area contributed by atoms with Crippen LogP contribution in [0.25, 0.3) is 0 Å². The molecule has 6 heteroatoms. The first-order valence-electron chi connectivity index (χ1n) is 9.82. The van der Waals surface area contributed by atoms with Gasteiger partial charge in [-0.3, -0.25) is 4.79 Å². The summed E-state index contributed by atoms with van der Waals surface area (Å²) in [5.74, 6) is 0.637. The molecule has 2 aromatic rings. The molecule has 0 heterocycles. The number of benzene rings is 2. The predicted molar refractivity (Wildman–Crippen MR) is 132 cm³/mol. The van der Waals surface area contributed by atoms with Gasteiger partial charge in [-0.1, -0.05) is 60.7 Å². The number of amides is 1. The van der Waals surface area contributed by atoms with Crippen LogP contribution in [0.2, 0.25) is 0 Å². The van der Waals surface area contributed by atoms with Crippen molar-refractivity contribution in [1.82, 2.24) is 15.5 Å².